The molecule has 1 heterocycles. The molecule has 0 fully saturated rings. The van der Waals surface area contributed by atoms with E-state index < -0.39 is 0 Å². The van der Waals surface area contributed by atoms with Gasteiger partial charge < -0.3 is 0 Å². The van der Waals surface area contributed by atoms with Crippen LogP contribution in [0, 0.1) is 0 Å². The standard InChI is InChI=1S/C12H11BrN2OS3/c1-2-17-11-14-15-12(19-11)18-7-10(16)8-3-5-9(13)6-4-8/h3-6H,2,7H2,1H3. The van der Waals surface area contributed by atoms with Crippen molar-refractivity contribution in [3.63, 3.8) is 0 Å². The summed E-state index contributed by atoms with van der Waals surface area (Å²) in [6.07, 6.45) is 0. The van der Waals surface area contributed by atoms with E-state index in [9.17, 15) is 4.79 Å². The summed E-state index contributed by atoms with van der Waals surface area (Å²) in [6, 6.07) is 7.40. The molecule has 100 valence electrons. The molecule has 0 aliphatic rings. The predicted molar refractivity (Wildman–Crippen MR) is 85.5 cm³/mol. The highest BCUT2D eigenvalue weighted by Gasteiger charge is 2.10. The highest BCUT2D eigenvalue weighted by Crippen LogP contribution is 2.28. The Balaban J connectivity index is 1.90. The van der Waals surface area contributed by atoms with Crippen LogP contribution in [0.1, 0.15) is 17.3 Å². The van der Waals surface area contributed by atoms with Gasteiger partial charge in [-0.3, -0.25) is 4.79 Å². The molecule has 0 spiro atoms. The average Bonchev–Trinajstić information content (AvgIpc) is 2.85. The minimum Gasteiger partial charge on any atom is -0.293 e. The minimum atomic E-state index is 0.109. The van der Waals surface area contributed by atoms with Crippen LogP contribution in [-0.2, 0) is 0 Å². The van der Waals surface area contributed by atoms with Gasteiger partial charge in [0.05, 0.1) is 5.75 Å². The summed E-state index contributed by atoms with van der Waals surface area (Å²) in [5, 5.41) is 8.13. The monoisotopic (exact) mass is 374 g/mol. The third kappa shape index (κ3) is 4.59. The Morgan fingerprint density at radius 1 is 1.21 bits per heavy atom. The number of benzene rings is 1. The van der Waals surface area contributed by atoms with Crippen LogP contribution >= 0.6 is 50.8 Å². The third-order valence-electron chi connectivity index (χ3n) is 2.15. The molecular weight excluding hydrogens is 364 g/mol. The number of thioether (sulfide) groups is 2. The number of rotatable bonds is 6. The molecular formula is C12H11BrN2OS3. The van der Waals surface area contributed by atoms with Gasteiger partial charge in [0.25, 0.3) is 0 Å². The largest absolute Gasteiger partial charge is 0.293 e. The van der Waals surface area contributed by atoms with Crippen LogP contribution in [-0.4, -0.2) is 27.5 Å². The van der Waals surface area contributed by atoms with Crippen LogP contribution in [0.3, 0.4) is 0 Å². The molecule has 0 saturated carbocycles. The van der Waals surface area contributed by atoms with Gasteiger partial charge in [-0.1, -0.05) is 69.8 Å². The Hall–Kier alpha value is -0.370. The average molecular weight is 375 g/mol. The van der Waals surface area contributed by atoms with Crippen LogP contribution in [0.2, 0.25) is 0 Å². The number of Topliss-reactive ketones (excluding diaryl/α,β-unsaturated/α-hetero) is 1. The van der Waals surface area contributed by atoms with Crippen molar-refractivity contribution < 1.29 is 4.79 Å². The molecule has 0 amide bonds. The van der Waals surface area contributed by atoms with Gasteiger partial charge in [0.1, 0.15) is 0 Å². The lowest BCUT2D eigenvalue weighted by molar-refractivity contribution is 0.102. The molecule has 0 bridgehead atoms. The fraction of sp³-hybridized carbons (Fsp3) is 0.250. The molecule has 1 aromatic carbocycles. The maximum Gasteiger partial charge on any atom is 0.175 e. The fourth-order valence-electron chi connectivity index (χ4n) is 1.28. The molecule has 7 heteroatoms. The number of aromatic nitrogens is 2. The lowest BCUT2D eigenvalue weighted by Gasteiger charge is -1.99. The van der Waals surface area contributed by atoms with E-state index in [0.717, 1.165) is 24.5 Å². The number of hydrogen-bond donors (Lipinski definition) is 0. The topological polar surface area (TPSA) is 42.9 Å². The van der Waals surface area contributed by atoms with Crippen LogP contribution in [0.4, 0.5) is 0 Å². The van der Waals surface area contributed by atoms with Crippen molar-refractivity contribution >= 4 is 56.6 Å². The van der Waals surface area contributed by atoms with Gasteiger partial charge >= 0.3 is 0 Å². The number of halogens is 1. The molecule has 0 aliphatic carbocycles. The SMILES string of the molecule is CCSc1nnc(SCC(=O)c2ccc(Br)cc2)s1. The van der Waals surface area contributed by atoms with Crippen molar-refractivity contribution in [1.82, 2.24) is 10.2 Å². The zero-order valence-corrected chi connectivity index (χ0v) is 14.2. The molecule has 0 unspecified atom stereocenters. The Kier molecular flexibility index (Phi) is 5.87. The first-order valence-electron chi connectivity index (χ1n) is 5.57. The quantitative estimate of drug-likeness (QED) is 0.554. The number of carbonyl (C=O) groups is 1. The Bertz CT molecular complexity index is 556. The smallest absolute Gasteiger partial charge is 0.175 e. The lowest BCUT2D eigenvalue weighted by Crippen LogP contribution is -2.01. The van der Waals surface area contributed by atoms with Crippen LogP contribution in [0.25, 0.3) is 0 Å². The van der Waals surface area contributed by atoms with Gasteiger partial charge in [-0.25, -0.2) is 0 Å². The van der Waals surface area contributed by atoms with Gasteiger partial charge in [0, 0.05) is 10.0 Å². The zero-order chi connectivity index (χ0) is 13.7. The summed E-state index contributed by atoms with van der Waals surface area (Å²) in [6.45, 7) is 2.08. The summed E-state index contributed by atoms with van der Waals surface area (Å²) in [5.41, 5.74) is 0.725. The van der Waals surface area contributed by atoms with E-state index in [1.54, 1.807) is 23.1 Å². The van der Waals surface area contributed by atoms with E-state index in [1.165, 1.54) is 11.8 Å². The molecule has 0 atom stereocenters. The minimum absolute atomic E-state index is 0.109. The molecule has 0 N–H and O–H groups in total. The second-order valence-electron chi connectivity index (χ2n) is 3.49. The first-order chi connectivity index (χ1) is 9.19. The second-order valence-corrected chi connectivity index (χ2v) is 8.11. The Labute approximate surface area is 132 Å². The number of ketones is 1. The van der Waals surface area contributed by atoms with Gasteiger partial charge in [0.15, 0.2) is 14.5 Å². The third-order valence-corrected chi connectivity index (χ3v) is 5.75. The predicted octanol–water partition coefficient (Wildman–Crippen LogP) is 4.39. The summed E-state index contributed by atoms with van der Waals surface area (Å²) in [5.74, 6) is 1.49. The molecule has 2 rings (SSSR count). The molecule has 2 aromatic rings. The van der Waals surface area contributed by atoms with Crippen molar-refractivity contribution in [3.05, 3.63) is 34.3 Å². The Morgan fingerprint density at radius 2 is 1.84 bits per heavy atom. The first-order valence-corrected chi connectivity index (χ1v) is 9.15. The van der Waals surface area contributed by atoms with E-state index in [1.807, 2.05) is 24.3 Å². The van der Waals surface area contributed by atoms with Crippen LogP contribution in [0.15, 0.2) is 37.4 Å². The number of carbonyl (C=O) groups excluding carboxylic acids is 1. The van der Waals surface area contributed by atoms with Gasteiger partial charge in [-0.2, -0.15) is 0 Å². The van der Waals surface area contributed by atoms with E-state index in [0.29, 0.717) is 5.75 Å². The van der Waals surface area contributed by atoms with Crippen molar-refractivity contribution in [2.75, 3.05) is 11.5 Å². The van der Waals surface area contributed by atoms with Crippen molar-refractivity contribution in [1.29, 1.82) is 0 Å². The lowest BCUT2D eigenvalue weighted by atomic mass is 10.2. The molecule has 19 heavy (non-hydrogen) atoms. The van der Waals surface area contributed by atoms with Gasteiger partial charge in [-0.15, -0.1) is 10.2 Å². The van der Waals surface area contributed by atoms with Crippen LogP contribution in [0.5, 0.6) is 0 Å². The normalized spacial score (nSPS) is 10.6. The van der Waals surface area contributed by atoms with Gasteiger partial charge in [0.2, 0.25) is 0 Å². The summed E-state index contributed by atoms with van der Waals surface area (Å²) in [4.78, 5) is 12.0. The van der Waals surface area contributed by atoms with Crippen molar-refractivity contribution in [3.8, 4) is 0 Å². The second kappa shape index (κ2) is 7.42. The van der Waals surface area contributed by atoms with Crippen molar-refractivity contribution in [2.24, 2.45) is 0 Å². The van der Waals surface area contributed by atoms with Crippen LogP contribution < -0.4 is 0 Å². The van der Waals surface area contributed by atoms with E-state index in [4.69, 9.17) is 0 Å². The number of hydrogen-bond acceptors (Lipinski definition) is 6. The van der Waals surface area contributed by atoms with E-state index >= 15 is 0 Å². The first kappa shape index (κ1) is 15.0. The summed E-state index contributed by atoms with van der Waals surface area (Å²) >= 11 is 8.01. The van der Waals surface area contributed by atoms with Crippen molar-refractivity contribution in [2.45, 2.75) is 15.6 Å². The molecule has 0 saturated heterocycles. The molecule has 0 radical (unpaired) electrons. The summed E-state index contributed by atoms with van der Waals surface area (Å²) < 4.78 is 2.78. The Morgan fingerprint density at radius 3 is 2.47 bits per heavy atom. The zero-order valence-electron chi connectivity index (χ0n) is 10.1. The highest BCUT2D eigenvalue weighted by molar-refractivity contribution is 9.10. The number of nitrogens with zero attached hydrogens (tertiary/aromatic N) is 2. The fourth-order valence-corrected chi connectivity index (χ4v) is 4.36. The molecule has 1 aromatic heterocycles. The maximum atomic E-state index is 12.0. The maximum absolute atomic E-state index is 12.0. The molecule has 3 nitrogen and oxygen atoms in total. The van der Waals surface area contributed by atoms with E-state index in [-0.39, 0.29) is 5.78 Å². The molecule has 0 aliphatic heterocycles. The van der Waals surface area contributed by atoms with Gasteiger partial charge in [-0.05, 0) is 17.9 Å². The van der Waals surface area contributed by atoms with E-state index in [2.05, 4.69) is 33.1 Å². The summed E-state index contributed by atoms with van der Waals surface area (Å²) in [7, 11) is 0. The highest BCUT2D eigenvalue weighted by atomic mass is 79.9.